The zero-order chi connectivity index (χ0) is 14.7. The summed E-state index contributed by atoms with van der Waals surface area (Å²) >= 11 is 0. The molecule has 0 aliphatic carbocycles. The summed E-state index contributed by atoms with van der Waals surface area (Å²) in [7, 11) is 1.62. The third-order valence-electron chi connectivity index (χ3n) is 4.18. The van der Waals surface area contributed by atoms with Crippen LogP contribution in [0.3, 0.4) is 0 Å². The number of hydrogen-bond acceptors (Lipinski definition) is 4. The SMILES string of the molecule is COc1ccnc(-c2ccc([C@@H](C)N3CCCC3)cc2)n1. The Morgan fingerprint density at radius 1 is 1.10 bits per heavy atom. The lowest BCUT2D eigenvalue weighted by Crippen LogP contribution is -2.23. The maximum atomic E-state index is 5.15. The van der Waals surface area contributed by atoms with Gasteiger partial charge in [-0.25, -0.2) is 4.98 Å². The predicted molar refractivity (Wildman–Crippen MR) is 83.2 cm³/mol. The second-order valence-electron chi connectivity index (χ2n) is 5.46. The molecule has 0 N–H and O–H groups in total. The molecule has 1 aromatic heterocycles. The monoisotopic (exact) mass is 283 g/mol. The molecular weight excluding hydrogens is 262 g/mol. The van der Waals surface area contributed by atoms with Gasteiger partial charge in [-0.2, -0.15) is 4.98 Å². The summed E-state index contributed by atoms with van der Waals surface area (Å²) < 4.78 is 5.15. The first-order valence-corrected chi connectivity index (χ1v) is 7.49. The summed E-state index contributed by atoms with van der Waals surface area (Å²) in [6, 6.07) is 10.8. The average Bonchev–Trinajstić information content (AvgIpc) is 3.09. The maximum Gasteiger partial charge on any atom is 0.216 e. The lowest BCUT2D eigenvalue weighted by molar-refractivity contribution is 0.263. The van der Waals surface area contributed by atoms with E-state index in [0.29, 0.717) is 17.7 Å². The Labute approximate surface area is 125 Å². The van der Waals surface area contributed by atoms with E-state index >= 15 is 0 Å². The van der Waals surface area contributed by atoms with Crippen LogP contribution in [-0.4, -0.2) is 35.1 Å². The lowest BCUT2D eigenvalue weighted by Gasteiger charge is -2.24. The van der Waals surface area contributed by atoms with Crippen molar-refractivity contribution in [2.24, 2.45) is 0 Å². The minimum Gasteiger partial charge on any atom is -0.481 e. The fourth-order valence-electron chi connectivity index (χ4n) is 2.85. The fraction of sp³-hybridized carbons (Fsp3) is 0.412. The number of likely N-dealkylation sites (tertiary alicyclic amines) is 1. The summed E-state index contributed by atoms with van der Waals surface area (Å²) in [4.78, 5) is 11.2. The molecule has 21 heavy (non-hydrogen) atoms. The van der Waals surface area contributed by atoms with Crippen LogP contribution in [-0.2, 0) is 0 Å². The van der Waals surface area contributed by atoms with Crippen LogP contribution >= 0.6 is 0 Å². The van der Waals surface area contributed by atoms with Crippen molar-refractivity contribution in [2.75, 3.05) is 20.2 Å². The third kappa shape index (κ3) is 3.05. The van der Waals surface area contributed by atoms with Gasteiger partial charge in [0.15, 0.2) is 5.82 Å². The van der Waals surface area contributed by atoms with Gasteiger partial charge in [0.2, 0.25) is 5.88 Å². The summed E-state index contributed by atoms with van der Waals surface area (Å²) in [5.74, 6) is 1.30. The first-order chi connectivity index (χ1) is 10.3. The van der Waals surface area contributed by atoms with Crippen LogP contribution in [0.25, 0.3) is 11.4 Å². The van der Waals surface area contributed by atoms with Gasteiger partial charge in [-0.15, -0.1) is 0 Å². The number of ether oxygens (including phenoxy) is 1. The van der Waals surface area contributed by atoms with Gasteiger partial charge in [-0.3, -0.25) is 4.90 Å². The standard InChI is InChI=1S/C17H21N3O/c1-13(20-11-3-4-12-20)14-5-7-15(8-6-14)17-18-10-9-16(19-17)21-2/h5-10,13H,3-4,11-12H2,1-2H3/t13-/m1/s1. The van der Waals surface area contributed by atoms with Crippen molar-refractivity contribution in [3.05, 3.63) is 42.1 Å². The Bertz CT molecular complexity index is 591. The van der Waals surface area contributed by atoms with Crippen molar-refractivity contribution in [3.63, 3.8) is 0 Å². The normalized spacial score (nSPS) is 16.9. The molecule has 0 saturated carbocycles. The van der Waals surface area contributed by atoms with E-state index in [1.165, 1.54) is 31.5 Å². The second kappa shape index (κ2) is 6.22. The number of aromatic nitrogens is 2. The van der Waals surface area contributed by atoms with Gasteiger partial charge in [-0.05, 0) is 38.4 Å². The van der Waals surface area contributed by atoms with Gasteiger partial charge in [0, 0.05) is 23.9 Å². The van der Waals surface area contributed by atoms with Crippen LogP contribution in [0.15, 0.2) is 36.5 Å². The highest BCUT2D eigenvalue weighted by Gasteiger charge is 2.19. The highest BCUT2D eigenvalue weighted by Crippen LogP contribution is 2.26. The van der Waals surface area contributed by atoms with Crippen molar-refractivity contribution in [1.82, 2.24) is 14.9 Å². The molecule has 1 fully saturated rings. The predicted octanol–water partition coefficient (Wildman–Crippen LogP) is 3.31. The molecule has 1 saturated heterocycles. The molecule has 1 atom stereocenters. The Morgan fingerprint density at radius 2 is 1.81 bits per heavy atom. The van der Waals surface area contributed by atoms with Crippen molar-refractivity contribution < 1.29 is 4.74 Å². The van der Waals surface area contributed by atoms with Crippen LogP contribution in [0.5, 0.6) is 5.88 Å². The van der Waals surface area contributed by atoms with E-state index in [2.05, 4.69) is 46.1 Å². The topological polar surface area (TPSA) is 38.2 Å². The highest BCUT2D eigenvalue weighted by atomic mass is 16.5. The Balaban J connectivity index is 1.79. The van der Waals surface area contributed by atoms with E-state index in [9.17, 15) is 0 Å². The summed E-state index contributed by atoms with van der Waals surface area (Å²) in [6.07, 6.45) is 4.36. The Kier molecular flexibility index (Phi) is 4.15. The molecule has 4 heteroatoms. The van der Waals surface area contributed by atoms with E-state index in [1.54, 1.807) is 19.4 Å². The van der Waals surface area contributed by atoms with Crippen molar-refractivity contribution in [1.29, 1.82) is 0 Å². The molecule has 1 aliphatic rings. The second-order valence-corrected chi connectivity index (χ2v) is 5.46. The average molecular weight is 283 g/mol. The zero-order valence-electron chi connectivity index (χ0n) is 12.6. The van der Waals surface area contributed by atoms with Gasteiger partial charge < -0.3 is 4.74 Å². The summed E-state index contributed by atoms with van der Waals surface area (Å²) in [6.45, 7) is 4.70. The van der Waals surface area contributed by atoms with Crippen molar-refractivity contribution in [2.45, 2.75) is 25.8 Å². The number of hydrogen-bond donors (Lipinski definition) is 0. The molecule has 4 nitrogen and oxygen atoms in total. The van der Waals surface area contributed by atoms with Gasteiger partial charge in [0.05, 0.1) is 7.11 Å². The van der Waals surface area contributed by atoms with E-state index in [4.69, 9.17) is 4.74 Å². The number of benzene rings is 1. The maximum absolute atomic E-state index is 5.15. The lowest BCUT2D eigenvalue weighted by atomic mass is 10.0. The van der Waals surface area contributed by atoms with Crippen molar-refractivity contribution in [3.8, 4) is 17.3 Å². The molecule has 1 aromatic carbocycles. The first kappa shape index (κ1) is 14.0. The van der Waals surface area contributed by atoms with Gasteiger partial charge in [-0.1, -0.05) is 24.3 Å². The molecule has 0 spiro atoms. The molecule has 0 bridgehead atoms. The molecular formula is C17H21N3O. The molecule has 110 valence electrons. The van der Waals surface area contributed by atoms with Crippen LogP contribution < -0.4 is 4.74 Å². The smallest absolute Gasteiger partial charge is 0.216 e. The van der Waals surface area contributed by atoms with E-state index in [-0.39, 0.29) is 0 Å². The first-order valence-electron chi connectivity index (χ1n) is 7.49. The summed E-state index contributed by atoms with van der Waals surface area (Å²) in [5, 5.41) is 0. The fourth-order valence-corrected chi connectivity index (χ4v) is 2.85. The quantitative estimate of drug-likeness (QED) is 0.863. The van der Waals surface area contributed by atoms with E-state index in [0.717, 1.165) is 5.56 Å². The molecule has 3 rings (SSSR count). The van der Waals surface area contributed by atoms with Gasteiger partial charge in [0.1, 0.15) is 0 Å². The summed E-state index contributed by atoms with van der Waals surface area (Å²) in [5.41, 5.74) is 2.37. The van der Waals surface area contributed by atoms with Crippen LogP contribution in [0.4, 0.5) is 0 Å². The van der Waals surface area contributed by atoms with Crippen LogP contribution in [0.2, 0.25) is 0 Å². The Morgan fingerprint density at radius 3 is 2.48 bits per heavy atom. The zero-order valence-corrected chi connectivity index (χ0v) is 12.6. The highest BCUT2D eigenvalue weighted by molar-refractivity contribution is 5.55. The van der Waals surface area contributed by atoms with Crippen molar-refractivity contribution >= 4 is 0 Å². The minimum absolute atomic E-state index is 0.479. The molecule has 0 radical (unpaired) electrons. The number of rotatable bonds is 4. The molecule has 1 aliphatic heterocycles. The van der Waals surface area contributed by atoms with Gasteiger partial charge >= 0.3 is 0 Å². The van der Waals surface area contributed by atoms with Crippen LogP contribution in [0, 0.1) is 0 Å². The molecule has 0 amide bonds. The van der Waals surface area contributed by atoms with E-state index < -0.39 is 0 Å². The molecule has 0 unspecified atom stereocenters. The van der Waals surface area contributed by atoms with Crippen LogP contribution in [0.1, 0.15) is 31.4 Å². The number of nitrogens with zero attached hydrogens (tertiary/aromatic N) is 3. The molecule has 2 aromatic rings. The largest absolute Gasteiger partial charge is 0.481 e. The minimum atomic E-state index is 0.479. The Hall–Kier alpha value is -1.94. The van der Waals surface area contributed by atoms with E-state index in [1.807, 2.05) is 0 Å². The van der Waals surface area contributed by atoms with Gasteiger partial charge in [0.25, 0.3) is 0 Å². The number of methoxy groups -OCH3 is 1. The third-order valence-corrected chi connectivity index (χ3v) is 4.18. The molecule has 2 heterocycles.